The fourth-order valence-corrected chi connectivity index (χ4v) is 1.39. The van der Waals surface area contributed by atoms with Crippen LogP contribution in [-0.4, -0.2) is 9.55 Å². The van der Waals surface area contributed by atoms with E-state index in [4.69, 9.17) is 6.42 Å². The van der Waals surface area contributed by atoms with Gasteiger partial charge in [0.2, 0.25) is 0 Å². The average molecular weight is 182 g/mol. The fraction of sp³-hybridized carbons (Fsp3) is 0.0833. The quantitative estimate of drug-likeness (QED) is 0.618. The lowest BCUT2D eigenvalue weighted by Gasteiger charge is -2.05. The molecular formula is C12H10N2. The minimum atomic E-state index is 0.801. The molecule has 68 valence electrons. The Balaban J connectivity index is 2.53. The number of pyridine rings is 1. The first-order chi connectivity index (χ1) is 6.81. The van der Waals surface area contributed by atoms with Crippen molar-refractivity contribution in [2.75, 3.05) is 0 Å². The summed E-state index contributed by atoms with van der Waals surface area (Å²) in [5.41, 5.74) is 2.97. The Kier molecular flexibility index (Phi) is 2.08. The van der Waals surface area contributed by atoms with Crippen molar-refractivity contribution in [1.82, 2.24) is 9.55 Å². The molecule has 2 nitrogen and oxygen atoms in total. The largest absolute Gasteiger partial charge is 0.320 e. The van der Waals surface area contributed by atoms with Crippen LogP contribution in [0.25, 0.3) is 5.69 Å². The Hall–Kier alpha value is -2.01. The summed E-state index contributed by atoms with van der Waals surface area (Å²) in [5.74, 6) is 2.57. The molecule has 2 aromatic heterocycles. The second-order valence-corrected chi connectivity index (χ2v) is 3.10. The molecule has 2 heterocycles. The lowest BCUT2D eigenvalue weighted by molar-refractivity contribution is 1.00. The van der Waals surface area contributed by atoms with Gasteiger partial charge in [-0.1, -0.05) is 5.92 Å². The third kappa shape index (κ3) is 1.40. The molecule has 0 aliphatic rings. The number of aryl methyl sites for hydroxylation is 1. The van der Waals surface area contributed by atoms with E-state index in [1.54, 1.807) is 12.4 Å². The van der Waals surface area contributed by atoms with Crippen molar-refractivity contribution < 1.29 is 0 Å². The van der Waals surface area contributed by atoms with E-state index in [-0.39, 0.29) is 0 Å². The molecule has 0 saturated heterocycles. The first kappa shape index (κ1) is 8.58. The zero-order valence-electron chi connectivity index (χ0n) is 7.94. The summed E-state index contributed by atoms with van der Waals surface area (Å²) in [6, 6.07) is 5.99. The van der Waals surface area contributed by atoms with E-state index in [0.717, 1.165) is 11.3 Å². The van der Waals surface area contributed by atoms with Crippen molar-refractivity contribution in [1.29, 1.82) is 0 Å². The first-order valence-electron chi connectivity index (χ1n) is 4.37. The molecule has 0 aliphatic heterocycles. The van der Waals surface area contributed by atoms with Crippen molar-refractivity contribution in [2.24, 2.45) is 0 Å². The van der Waals surface area contributed by atoms with Crippen molar-refractivity contribution in [3.05, 3.63) is 48.0 Å². The van der Waals surface area contributed by atoms with Gasteiger partial charge < -0.3 is 4.57 Å². The van der Waals surface area contributed by atoms with Gasteiger partial charge in [0.25, 0.3) is 0 Å². The lowest BCUT2D eigenvalue weighted by atomic mass is 10.3. The van der Waals surface area contributed by atoms with Gasteiger partial charge in [-0.15, -0.1) is 6.42 Å². The van der Waals surface area contributed by atoms with Crippen LogP contribution in [0.2, 0.25) is 0 Å². The molecule has 0 aliphatic carbocycles. The highest BCUT2D eigenvalue weighted by molar-refractivity contribution is 5.40. The van der Waals surface area contributed by atoms with Crippen LogP contribution in [0.1, 0.15) is 11.3 Å². The molecule has 0 N–H and O–H groups in total. The molecule has 0 unspecified atom stereocenters. The predicted molar refractivity (Wildman–Crippen MR) is 56.2 cm³/mol. The van der Waals surface area contributed by atoms with Gasteiger partial charge in [-0.3, -0.25) is 4.98 Å². The van der Waals surface area contributed by atoms with Gasteiger partial charge in [-0.05, 0) is 25.1 Å². The second kappa shape index (κ2) is 3.39. The van der Waals surface area contributed by atoms with Crippen LogP contribution < -0.4 is 0 Å². The van der Waals surface area contributed by atoms with E-state index in [0.29, 0.717) is 0 Å². The maximum atomic E-state index is 5.31. The predicted octanol–water partition coefficient (Wildman–Crippen LogP) is 2.16. The topological polar surface area (TPSA) is 17.8 Å². The van der Waals surface area contributed by atoms with Crippen molar-refractivity contribution in [3.8, 4) is 18.0 Å². The Morgan fingerprint density at radius 2 is 2.29 bits per heavy atom. The van der Waals surface area contributed by atoms with Gasteiger partial charge in [0.05, 0.1) is 11.9 Å². The SMILES string of the molecule is C#Cc1cncc(-n2cccc2C)c1. The highest BCUT2D eigenvalue weighted by Crippen LogP contribution is 2.11. The molecule has 0 amide bonds. The van der Waals surface area contributed by atoms with E-state index < -0.39 is 0 Å². The smallest absolute Gasteiger partial charge is 0.0648 e. The molecule has 0 spiro atoms. The molecule has 0 atom stereocenters. The van der Waals surface area contributed by atoms with Crippen LogP contribution in [0.5, 0.6) is 0 Å². The standard InChI is InChI=1S/C12H10N2/c1-3-11-7-12(9-13-8-11)14-6-4-5-10(14)2/h1,4-9H,2H3. The van der Waals surface area contributed by atoms with Crippen LogP contribution in [0.15, 0.2) is 36.8 Å². The number of nitrogens with zero attached hydrogens (tertiary/aromatic N) is 2. The normalized spacial score (nSPS) is 9.71. The molecule has 0 saturated carbocycles. The Morgan fingerprint density at radius 1 is 1.43 bits per heavy atom. The van der Waals surface area contributed by atoms with E-state index in [1.807, 2.05) is 35.9 Å². The number of rotatable bonds is 1. The van der Waals surface area contributed by atoms with E-state index in [1.165, 1.54) is 5.69 Å². The van der Waals surface area contributed by atoms with Crippen molar-refractivity contribution in [2.45, 2.75) is 6.92 Å². The van der Waals surface area contributed by atoms with E-state index >= 15 is 0 Å². The molecule has 14 heavy (non-hydrogen) atoms. The summed E-state index contributed by atoms with van der Waals surface area (Å²) in [6.45, 7) is 2.04. The summed E-state index contributed by atoms with van der Waals surface area (Å²) >= 11 is 0. The molecule has 0 radical (unpaired) electrons. The zero-order chi connectivity index (χ0) is 9.97. The van der Waals surface area contributed by atoms with Crippen LogP contribution in [-0.2, 0) is 0 Å². The molecular weight excluding hydrogens is 172 g/mol. The van der Waals surface area contributed by atoms with Crippen LogP contribution >= 0.6 is 0 Å². The van der Waals surface area contributed by atoms with Gasteiger partial charge in [-0.25, -0.2) is 0 Å². The molecule has 2 rings (SSSR count). The van der Waals surface area contributed by atoms with E-state index in [2.05, 4.69) is 10.9 Å². The van der Waals surface area contributed by atoms with Crippen molar-refractivity contribution >= 4 is 0 Å². The van der Waals surface area contributed by atoms with E-state index in [9.17, 15) is 0 Å². The van der Waals surface area contributed by atoms with Gasteiger partial charge in [0.15, 0.2) is 0 Å². The Bertz CT molecular complexity index is 489. The molecule has 0 bridgehead atoms. The molecule has 0 fully saturated rings. The molecule has 2 aromatic rings. The maximum absolute atomic E-state index is 5.31. The zero-order valence-corrected chi connectivity index (χ0v) is 7.94. The monoisotopic (exact) mass is 182 g/mol. The molecule has 2 heteroatoms. The third-order valence-electron chi connectivity index (χ3n) is 2.12. The summed E-state index contributed by atoms with van der Waals surface area (Å²) < 4.78 is 2.05. The third-order valence-corrected chi connectivity index (χ3v) is 2.12. The number of terminal acetylenes is 1. The molecule has 0 aromatic carbocycles. The van der Waals surface area contributed by atoms with Crippen LogP contribution in [0.3, 0.4) is 0 Å². The van der Waals surface area contributed by atoms with Gasteiger partial charge >= 0.3 is 0 Å². The summed E-state index contributed by atoms with van der Waals surface area (Å²) in [7, 11) is 0. The average Bonchev–Trinajstić information content (AvgIpc) is 2.65. The number of hydrogen-bond acceptors (Lipinski definition) is 1. The minimum absolute atomic E-state index is 0.801. The number of hydrogen-bond donors (Lipinski definition) is 0. The maximum Gasteiger partial charge on any atom is 0.0648 e. The summed E-state index contributed by atoms with van der Waals surface area (Å²) in [5, 5.41) is 0. The van der Waals surface area contributed by atoms with Crippen molar-refractivity contribution in [3.63, 3.8) is 0 Å². The van der Waals surface area contributed by atoms with Gasteiger partial charge in [-0.2, -0.15) is 0 Å². The Labute approximate surface area is 83.2 Å². The highest BCUT2D eigenvalue weighted by atomic mass is 15.0. The first-order valence-corrected chi connectivity index (χ1v) is 4.37. The highest BCUT2D eigenvalue weighted by Gasteiger charge is 1.99. The van der Waals surface area contributed by atoms with Gasteiger partial charge in [0.1, 0.15) is 0 Å². The van der Waals surface area contributed by atoms with Crippen LogP contribution in [0, 0.1) is 19.3 Å². The van der Waals surface area contributed by atoms with Crippen LogP contribution in [0.4, 0.5) is 0 Å². The fourth-order valence-electron chi connectivity index (χ4n) is 1.39. The summed E-state index contributed by atoms with van der Waals surface area (Å²) in [6.07, 6.45) is 10.8. The second-order valence-electron chi connectivity index (χ2n) is 3.10. The Morgan fingerprint density at radius 3 is 2.93 bits per heavy atom. The summed E-state index contributed by atoms with van der Waals surface area (Å²) in [4.78, 5) is 4.09. The number of aromatic nitrogens is 2. The minimum Gasteiger partial charge on any atom is -0.320 e. The lowest BCUT2D eigenvalue weighted by Crippen LogP contribution is -1.95. The van der Waals surface area contributed by atoms with Gasteiger partial charge in [0, 0.05) is 23.7 Å².